The van der Waals surface area contributed by atoms with E-state index in [-0.39, 0.29) is 17.3 Å². The van der Waals surface area contributed by atoms with Gasteiger partial charge in [0.2, 0.25) is 11.6 Å². The van der Waals surface area contributed by atoms with Crippen LogP contribution in [-0.4, -0.2) is 24.9 Å². The van der Waals surface area contributed by atoms with Crippen LogP contribution in [0.1, 0.15) is 11.3 Å². The Labute approximate surface area is 143 Å². The molecule has 25 heavy (non-hydrogen) atoms. The summed E-state index contributed by atoms with van der Waals surface area (Å²) in [5.41, 5.74) is 1.48. The first-order valence-corrected chi connectivity index (χ1v) is 7.42. The molecule has 0 spiro atoms. The molecular formula is C16H15N7O2. The van der Waals surface area contributed by atoms with Crippen molar-refractivity contribution in [3.63, 3.8) is 0 Å². The zero-order valence-corrected chi connectivity index (χ0v) is 13.6. The summed E-state index contributed by atoms with van der Waals surface area (Å²) in [5, 5.41) is 17.3. The number of rotatable bonds is 5. The van der Waals surface area contributed by atoms with Crippen LogP contribution in [0.15, 0.2) is 42.9 Å². The number of aryl methyl sites for hydroxylation is 2. The maximum absolute atomic E-state index is 11.5. The number of nitro groups is 1. The Kier molecular flexibility index (Phi) is 4.46. The van der Waals surface area contributed by atoms with Gasteiger partial charge in [0.1, 0.15) is 18.0 Å². The van der Waals surface area contributed by atoms with Gasteiger partial charge in [-0.05, 0) is 37.6 Å². The Hall–Kier alpha value is -3.62. The average Bonchev–Trinajstić information content (AvgIpc) is 2.57. The number of aromatic nitrogens is 4. The van der Waals surface area contributed by atoms with Crippen molar-refractivity contribution in [2.75, 3.05) is 10.6 Å². The Bertz CT molecular complexity index is 913. The Morgan fingerprint density at radius 3 is 2.28 bits per heavy atom. The predicted octanol–water partition coefficient (Wildman–Crippen LogP) is 3.28. The smallest absolute Gasteiger partial charge is 0.319 e. The van der Waals surface area contributed by atoms with Crippen LogP contribution >= 0.6 is 0 Å². The largest absolute Gasteiger partial charge is 0.354 e. The predicted molar refractivity (Wildman–Crippen MR) is 93.2 cm³/mol. The molecule has 3 aromatic rings. The van der Waals surface area contributed by atoms with Crippen LogP contribution in [-0.2, 0) is 0 Å². The fraction of sp³-hybridized carbons (Fsp3) is 0.125. The summed E-state index contributed by atoms with van der Waals surface area (Å²) in [6.45, 7) is 3.73. The van der Waals surface area contributed by atoms with Gasteiger partial charge in [-0.2, -0.15) is 0 Å². The monoisotopic (exact) mass is 337 g/mol. The van der Waals surface area contributed by atoms with Crippen LogP contribution in [0.4, 0.5) is 29.0 Å². The number of nitrogens with zero attached hydrogens (tertiary/aromatic N) is 5. The van der Waals surface area contributed by atoms with Crippen LogP contribution in [0.5, 0.6) is 0 Å². The molecule has 0 radical (unpaired) electrons. The normalized spacial score (nSPS) is 10.3. The number of hydrogen-bond donors (Lipinski definition) is 2. The maximum atomic E-state index is 11.5. The molecule has 0 bridgehead atoms. The zero-order valence-electron chi connectivity index (χ0n) is 13.6. The first kappa shape index (κ1) is 16.2. The Morgan fingerprint density at radius 1 is 0.960 bits per heavy atom. The third-order valence-electron chi connectivity index (χ3n) is 3.30. The van der Waals surface area contributed by atoms with E-state index in [0.717, 1.165) is 11.3 Å². The van der Waals surface area contributed by atoms with Gasteiger partial charge >= 0.3 is 5.69 Å². The van der Waals surface area contributed by atoms with Crippen LogP contribution in [0, 0.1) is 24.0 Å². The summed E-state index contributed by atoms with van der Waals surface area (Å²) >= 11 is 0. The van der Waals surface area contributed by atoms with Gasteiger partial charge in [-0.25, -0.2) is 19.9 Å². The fourth-order valence-corrected chi connectivity index (χ4v) is 2.13. The third-order valence-corrected chi connectivity index (χ3v) is 3.30. The lowest BCUT2D eigenvalue weighted by atomic mass is 10.3. The molecule has 0 aliphatic rings. The number of anilines is 4. The number of hydrogen-bond acceptors (Lipinski definition) is 8. The minimum absolute atomic E-state index is 0.0477. The fourth-order valence-electron chi connectivity index (χ4n) is 2.13. The molecule has 0 saturated heterocycles. The van der Waals surface area contributed by atoms with E-state index in [0.29, 0.717) is 11.6 Å². The molecule has 9 nitrogen and oxygen atoms in total. The summed E-state index contributed by atoms with van der Waals surface area (Å²) < 4.78 is 0. The van der Waals surface area contributed by atoms with Crippen molar-refractivity contribution in [1.29, 1.82) is 0 Å². The molecule has 0 amide bonds. The van der Waals surface area contributed by atoms with Crippen molar-refractivity contribution in [2.45, 2.75) is 13.8 Å². The molecule has 2 N–H and O–H groups in total. The van der Waals surface area contributed by atoms with Gasteiger partial charge in [-0.15, -0.1) is 0 Å². The zero-order chi connectivity index (χ0) is 17.8. The lowest BCUT2D eigenvalue weighted by Gasteiger charge is -2.09. The lowest BCUT2D eigenvalue weighted by Crippen LogP contribution is -2.06. The van der Waals surface area contributed by atoms with E-state index in [2.05, 4.69) is 30.6 Å². The second-order valence-corrected chi connectivity index (χ2v) is 5.31. The van der Waals surface area contributed by atoms with Crippen molar-refractivity contribution in [2.24, 2.45) is 0 Å². The molecule has 0 fully saturated rings. The Balaban J connectivity index is 1.96. The minimum Gasteiger partial charge on any atom is -0.319 e. The molecule has 0 aliphatic heterocycles. The topological polar surface area (TPSA) is 119 Å². The van der Waals surface area contributed by atoms with E-state index < -0.39 is 4.92 Å². The van der Waals surface area contributed by atoms with E-state index >= 15 is 0 Å². The summed E-state index contributed by atoms with van der Waals surface area (Å²) in [6.07, 6.45) is 2.90. The van der Waals surface area contributed by atoms with E-state index in [4.69, 9.17) is 0 Å². The standard InChI is InChI=1S/C16H15N7O2/c1-10-6-7-12(17-8-10)21-15-14(23(24)25)16(19-9-18-15)22-13-5-3-4-11(2)20-13/h3-9H,1-2H3,(H2,17,18,19,20,21,22). The lowest BCUT2D eigenvalue weighted by molar-refractivity contribution is -0.383. The summed E-state index contributed by atoms with van der Waals surface area (Å²) in [4.78, 5) is 27.4. The van der Waals surface area contributed by atoms with Gasteiger partial charge in [0.15, 0.2) is 0 Å². The molecule has 126 valence electrons. The van der Waals surface area contributed by atoms with Gasteiger partial charge < -0.3 is 10.6 Å². The van der Waals surface area contributed by atoms with E-state index in [1.807, 2.05) is 26.0 Å². The molecule has 3 rings (SSSR count). The van der Waals surface area contributed by atoms with E-state index in [1.165, 1.54) is 6.33 Å². The molecular weight excluding hydrogens is 322 g/mol. The molecule has 0 unspecified atom stereocenters. The van der Waals surface area contributed by atoms with Gasteiger partial charge in [0, 0.05) is 11.9 Å². The van der Waals surface area contributed by atoms with Crippen molar-refractivity contribution >= 4 is 29.0 Å². The first-order chi connectivity index (χ1) is 12.0. The van der Waals surface area contributed by atoms with Gasteiger partial charge in [-0.1, -0.05) is 12.1 Å². The van der Waals surface area contributed by atoms with E-state index in [9.17, 15) is 10.1 Å². The maximum Gasteiger partial charge on any atom is 0.354 e. The van der Waals surface area contributed by atoms with Crippen LogP contribution in [0.2, 0.25) is 0 Å². The highest BCUT2D eigenvalue weighted by Crippen LogP contribution is 2.32. The third kappa shape index (κ3) is 3.83. The van der Waals surface area contributed by atoms with Crippen molar-refractivity contribution < 1.29 is 4.92 Å². The summed E-state index contributed by atoms with van der Waals surface area (Å²) in [6, 6.07) is 8.89. The second-order valence-electron chi connectivity index (χ2n) is 5.31. The van der Waals surface area contributed by atoms with Crippen LogP contribution in [0.3, 0.4) is 0 Å². The second kappa shape index (κ2) is 6.87. The molecule has 0 aromatic carbocycles. The highest BCUT2D eigenvalue weighted by Gasteiger charge is 2.23. The SMILES string of the molecule is Cc1ccc(Nc2ncnc(Nc3cccc(C)n3)c2[N+](=O)[O-])nc1. The van der Waals surface area contributed by atoms with Crippen LogP contribution < -0.4 is 10.6 Å². The first-order valence-electron chi connectivity index (χ1n) is 7.42. The molecule has 0 saturated carbocycles. The summed E-state index contributed by atoms with van der Waals surface area (Å²) in [5.74, 6) is 1.01. The summed E-state index contributed by atoms with van der Waals surface area (Å²) in [7, 11) is 0. The van der Waals surface area contributed by atoms with Crippen LogP contribution in [0.25, 0.3) is 0 Å². The number of nitrogens with one attached hydrogen (secondary N) is 2. The van der Waals surface area contributed by atoms with Gasteiger partial charge in [0.25, 0.3) is 0 Å². The molecule has 0 aliphatic carbocycles. The van der Waals surface area contributed by atoms with E-state index in [1.54, 1.807) is 24.4 Å². The van der Waals surface area contributed by atoms with Crippen molar-refractivity contribution in [3.05, 3.63) is 64.2 Å². The molecule has 3 aromatic heterocycles. The number of pyridine rings is 2. The van der Waals surface area contributed by atoms with Gasteiger partial charge in [0.05, 0.1) is 4.92 Å². The van der Waals surface area contributed by atoms with Crippen molar-refractivity contribution in [3.8, 4) is 0 Å². The molecule has 0 atom stereocenters. The molecule has 3 heterocycles. The average molecular weight is 337 g/mol. The highest BCUT2D eigenvalue weighted by molar-refractivity contribution is 5.75. The highest BCUT2D eigenvalue weighted by atomic mass is 16.6. The quantitative estimate of drug-likeness (QED) is 0.538. The molecule has 9 heteroatoms. The minimum atomic E-state index is -0.547. The Morgan fingerprint density at radius 2 is 1.68 bits per heavy atom. The van der Waals surface area contributed by atoms with Gasteiger partial charge in [-0.3, -0.25) is 10.1 Å². The van der Waals surface area contributed by atoms with Crippen molar-refractivity contribution in [1.82, 2.24) is 19.9 Å².